The number of aliphatic hydroxyl groups excluding tert-OH is 1. The SMILES string of the molecule is Cc1cc(C[C@@H]2CN(C(=O)COCc3ccccc3)C[C@H]2O)on1. The maximum absolute atomic E-state index is 12.2. The molecule has 1 aromatic carbocycles. The van der Waals surface area contributed by atoms with E-state index in [1.165, 1.54) is 0 Å². The molecule has 2 aromatic rings. The maximum atomic E-state index is 12.2. The summed E-state index contributed by atoms with van der Waals surface area (Å²) in [5.41, 5.74) is 1.85. The minimum absolute atomic E-state index is 0.0236. The minimum atomic E-state index is -0.548. The molecule has 2 atom stereocenters. The smallest absolute Gasteiger partial charge is 0.248 e. The second-order valence-electron chi connectivity index (χ2n) is 6.24. The fourth-order valence-corrected chi connectivity index (χ4v) is 2.95. The summed E-state index contributed by atoms with van der Waals surface area (Å²) in [4.78, 5) is 13.9. The van der Waals surface area contributed by atoms with Crippen molar-refractivity contribution in [2.45, 2.75) is 26.1 Å². The average molecular weight is 330 g/mol. The van der Waals surface area contributed by atoms with Gasteiger partial charge in [-0.15, -0.1) is 0 Å². The summed E-state index contributed by atoms with van der Waals surface area (Å²) in [7, 11) is 0. The highest BCUT2D eigenvalue weighted by Gasteiger charge is 2.34. The van der Waals surface area contributed by atoms with Crippen LogP contribution in [0.2, 0.25) is 0 Å². The Morgan fingerprint density at radius 1 is 1.38 bits per heavy atom. The highest BCUT2D eigenvalue weighted by molar-refractivity contribution is 5.77. The summed E-state index contributed by atoms with van der Waals surface area (Å²) in [5, 5.41) is 14.0. The number of hydrogen-bond acceptors (Lipinski definition) is 5. The maximum Gasteiger partial charge on any atom is 0.248 e. The van der Waals surface area contributed by atoms with Crippen molar-refractivity contribution in [3.05, 3.63) is 53.4 Å². The molecule has 1 aliphatic heterocycles. The van der Waals surface area contributed by atoms with Crippen LogP contribution >= 0.6 is 0 Å². The van der Waals surface area contributed by atoms with Gasteiger partial charge in [-0.1, -0.05) is 35.5 Å². The van der Waals surface area contributed by atoms with Crippen molar-refractivity contribution < 1.29 is 19.2 Å². The summed E-state index contributed by atoms with van der Waals surface area (Å²) in [6.07, 6.45) is 0.0323. The Morgan fingerprint density at radius 3 is 2.88 bits per heavy atom. The highest BCUT2D eigenvalue weighted by Crippen LogP contribution is 2.22. The van der Waals surface area contributed by atoms with E-state index in [0.29, 0.717) is 26.1 Å². The number of amides is 1. The van der Waals surface area contributed by atoms with Crippen LogP contribution in [0.25, 0.3) is 0 Å². The Balaban J connectivity index is 1.46. The zero-order valence-electron chi connectivity index (χ0n) is 13.7. The predicted octanol–water partition coefficient (Wildman–Crippen LogP) is 1.56. The molecule has 1 aromatic heterocycles. The Kier molecular flexibility index (Phi) is 5.27. The van der Waals surface area contributed by atoms with E-state index in [1.54, 1.807) is 4.90 Å². The van der Waals surface area contributed by atoms with E-state index in [0.717, 1.165) is 17.0 Å². The Bertz CT molecular complexity index is 671. The molecule has 3 rings (SSSR count). The average Bonchev–Trinajstić information content (AvgIpc) is 3.15. The molecule has 6 nitrogen and oxygen atoms in total. The van der Waals surface area contributed by atoms with Crippen LogP contribution in [0.5, 0.6) is 0 Å². The lowest BCUT2D eigenvalue weighted by molar-refractivity contribution is -0.135. The van der Waals surface area contributed by atoms with Gasteiger partial charge in [-0.2, -0.15) is 0 Å². The number of aromatic nitrogens is 1. The van der Waals surface area contributed by atoms with Crippen molar-refractivity contribution in [3.63, 3.8) is 0 Å². The number of carbonyl (C=O) groups excluding carboxylic acids is 1. The van der Waals surface area contributed by atoms with Crippen LogP contribution in [0.4, 0.5) is 0 Å². The van der Waals surface area contributed by atoms with Gasteiger partial charge in [0.2, 0.25) is 5.91 Å². The number of hydrogen-bond donors (Lipinski definition) is 1. The van der Waals surface area contributed by atoms with Crippen LogP contribution in [0, 0.1) is 12.8 Å². The zero-order chi connectivity index (χ0) is 16.9. The number of carbonyl (C=O) groups is 1. The Morgan fingerprint density at radius 2 is 2.17 bits per heavy atom. The quantitative estimate of drug-likeness (QED) is 0.870. The summed E-state index contributed by atoms with van der Waals surface area (Å²) in [6, 6.07) is 11.6. The number of benzene rings is 1. The standard InChI is InChI=1S/C18H22N2O4/c1-13-7-16(24-19-13)8-15-9-20(10-17(15)21)18(22)12-23-11-14-5-3-2-4-6-14/h2-7,15,17,21H,8-12H2,1H3/t15-,17-/m1/s1. The summed E-state index contributed by atoms with van der Waals surface area (Å²) in [5.74, 6) is 0.614. The lowest BCUT2D eigenvalue weighted by atomic mass is 10.0. The van der Waals surface area contributed by atoms with E-state index in [2.05, 4.69) is 5.16 Å². The van der Waals surface area contributed by atoms with Crippen LogP contribution in [-0.2, 0) is 22.6 Å². The van der Waals surface area contributed by atoms with Gasteiger partial charge in [0.15, 0.2) is 0 Å². The second kappa shape index (κ2) is 7.59. The molecule has 24 heavy (non-hydrogen) atoms. The topological polar surface area (TPSA) is 75.8 Å². The molecule has 0 spiro atoms. The molecule has 128 valence electrons. The van der Waals surface area contributed by atoms with E-state index in [1.807, 2.05) is 43.3 Å². The fraction of sp³-hybridized carbons (Fsp3) is 0.444. The van der Waals surface area contributed by atoms with Crippen LogP contribution in [0.15, 0.2) is 40.9 Å². The van der Waals surface area contributed by atoms with Crippen LogP contribution in [0.1, 0.15) is 17.0 Å². The largest absolute Gasteiger partial charge is 0.391 e. The molecular formula is C18H22N2O4. The van der Waals surface area contributed by atoms with Gasteiger partial charge in [-0.05, 0) is 12.5 Å². The van der Waals surface area contributed by atoms with Gasteiger partial charge >= 0.3 is 0 Å². The summed E-state index contributed by atoms with van der Waals surface area (Å²) < 4.78 is 10.7. The number of ether oxygens (including phenoxy) is 1. The molecule has 0 saturated carbocycles. The second-order valence-corrected chi connectivity index (χ2v) is 6.24. The van der Waals surface area contributed by atoms with Crippen LogP contribution < -0.4 is 0 Å². The number of nitrogens with zero attached hydrogens (tertiary/aromatic N) is 2. The molecular weight excluding hydrogens is 308 g/mol. The molecule has 1 saturated heterocycles. The van der Waals surface area contributed by atoms with Crippen molar-refractivity contribution >= 4 is 5.91 Å². The van der Waals surface area contributed by atoms with Crippen LogP contribution in [0.3, 0.4) is 0 Å². The molecule has 0 bridgehead atoms. The van der Waals surface area contributed by atoms with Gasteiger partial charge in [0.25, 0.3) is 0 Å². The Hall–Kier alpha value is -2.18. The number of aliphatic hydroxyl groups is 1. The number of β-amino-alcohol motifs (C(OH)–C–C–N with tert-alkyl or cyclic N) is 1. The van der Waals surface area contributed by atoms with Gasteiger partial charge in [0.1, 0.15) is 12.4 Å². The zero-order valence-corrected chi connectivity index (χ0v) is 13.7. The predicted molar refractivity (Wildman–Crippen MR) is 87.1 cm³/mol. The van der Waals surface area contributed by atoms with Crippen molar-refractivity contribution in [3.8, 4) is 0 Å². The first-order valence-electron chi connectivity index (χ1n) is 8.11. The molecule has 1 N–H and O–H groups in total. The summed E-state index contributed by atoms with van der Waals surface area (Å²) >= 11 is 0. The van der Waals surface area contributed by atoms with E-state index >= 15 is 0 Å². The van der Waals surface area contributed by atoms with Gasteiger partial charge < -0.3 is 19.3 Å². The van der Waals surface area contributed by atoms with Gasteiger partial charge in [0, 0.05) is 31.5 Å². The lowest BCUT2D eigenvalue weighted by Crippen LogP contribution is -2.32. The minimum Gasteiger partial charge on any atom is -0.391 e. The van der Waals surface area contributed by atoms with Crippen molar-refractivity contribution in [2.75, 3.05) is 19.7 Å². The fourth-order valence-electron chi connectivity index (χ4n) is 2.95. The van der Waals surface area contributed by atoms with Gasteiger partial charge in [0.05, 0.1) is 18.4 Å². The number of aryl methyl sites for hydroxylation is 1. The third-order valence-corrected chi connectivity index (χ3v) is 4.24. The molecule has 0 radical (unpaired) electrons. The van der Waals surface area contributed by atoms with Gasteiger partial charge in [-0.25, -0.2) is 0 Å². The molecule has 6 heteroatoms. The van der Waals surface area contributed by atoms with Crippen molar-refractivity contribution in [1.82, 2.24) is 10.1 Å². The van der Waals surface area contributed by atoms with E-state index < -0.39 is 6.10 Å². The number of rotatable bonds is 6. The van der Waals surface area contributed by atoms with E-state index in [9.17, 15) is 9.90 Å². The van der Waals surface area contributed by atoms with Crippen molar-refractivity contribution in [2.24, 2.45) is 5.92 Å². The molecule has 0 aliphatic carbocycles. The first-order valence-corrected chi connectivity index (χ1v) is 8.11. The molecule has 2 heterocycles. The first kappa shape index (κ1) is 16.7. The highest BCUT2D eigenvalue weighted by atomic mass is 16.5. The first-order chi connectivity index (χ1) is 11.6. The lowest BCUT2D eigenvalue weighted by Gasteiger charge is -2.16. The third kappa shape index (κ3) is 4.21. The van der Waals surface area contributed by atoms with E-state index in [-0.39, 0.29) is 18.4 Å². The normalized spacial score (nSPS) is 20.5. The van der Waals surface area contributed by atoms with Crippen LogP contribution in [-0.4, -0.2) is 46.9 Å². The molecule has 0 unspecified atom stereocenters. The number of likely N-dealkylation sites (tertiary alicyclic amines) is 1. The third-order valence-electron chi connectivity index (χ3n) is 4.24. The Labute approximate surface area is 141 Å². The van der Waals surface area contributed by atoms with Crippen molar-refractivity contribution in [1.29, 1.82) is 0 Å². The van der Waals surface area contributed by atoms with Gasteiger partial charge in [-0.3, -0.25) is 4.79 Å². The molecule has 1 amide bonds. The summed E-state index contributed by atoms with van der Waals surface area (Å²) in [6.45, 7) is 3.14. The monoisotopic (exact) mass is 330 g/mol. The molecule has 1 fully saturated rings. The molecule has 1 aliphatic rings. The van der Waals surface area contributed by atoms with E-state index in [4.69, 9.17) is 9.26 Å².